The summed E-state index contributed by atoms with van der Waals surface area (Å²) < 4.78 is 1.99. The number of nitrogens with one attached hydrogen (secondary N) is 1. The first-order chi connectivity index (χ1) is 9.28. The lowest BCUT2D eigenvalue weighted by Gasteiger charge is -2.15. The molecule has 0 bridgehead atoms. The average molecular weight is 294 g/mol. The van der Waals surface area contributed by atoms with Gasteiger partial charge in [-0.3, -0.25) is 20.7 Å². The Morgan fingerprint density at radius 2 is 2.42 bits per heavy atom. The largest absolute Gasteiger partial charge is 0.297 e. The van der Waals surface area contributed by atoms with Crippen LogP contribution in [0.4, 0.5) is 0 Å². The molecule has 1 unspecified atom stereocenters. The Labute approximate surface area is 119 Å². The predicted molar refractivity (Wildman–Crippen MR) is 76.1 cm³/mol. The van der Waals surface area contributed by atoms with E-state index < -0.39 is 0 Å². The average Bonchev–Trinajstić information content (AvgIpc) is 2.97. The van der Waals surface area contributed by atoms with Crippen LogP contribution in [-0.2, 0) is 6.42 Å². The maximum Gasteiger partial charge on any atom is 0.193 e. The third-order valence-electron chi connectivity index (χ3n) is 2.87. The molecular weight excluding hydrogens is 282 g/mol. The minimum atomic E-state index is -0.154. The molecule has 7 heteroatoms. The van der Waals surface area contributed by atoms with Gasteiger partial charge in [-0.05, 0) is 12.1 Å². The fourth-order valence-electron chi connectivity index (χ4n) is 1.97. The van der Waals surface area contributed by atoms with Crippen molar-refractivity contribution in [3.8, 4) is 0 Å². The van der Waals surface area contributed by atoms with Crippen molar-refractivity contribution in [2.75, 3.05) is 0 Å². The number of nitrogens with two attached hydrogens (primary N) is 1. The summed E-state index contributed by atoms with van der Waals surface area (Å²) in [5.41, 5.74) is 4.45. The second-order valence-electron chi connectivity index (χ2n) is 4.12. The first kappa shape index (κ1) is 12.6. The Kier molecular flexibility index (Phi) is 3.48. The van der Waals surface area contributed by atoms with Crippen LogP contribution in [0.5, 0.6) is 0 Å². The highest BCUT2D eigenvalue weighted by Crippen LogP contribution is 2.23. The first-order valence-corrected chi connectivity index (χ1v) is 7.01. The summed E-state index contributed by atoms with van der Waals surface area (Å²) in [5.74, 6) is 5.61. The van der Waals surface area contributed by atoms with E-state index in [1.807, 2.05) is 22.2 Å². The van der Waals surface area contributed by atoms with Crippen molar-refractivity contribution in [1.82, 2.24) is 19.8 Å². The number of hydrogen-bond donors (Lipinski definition) is 2. The molecule has 0 amide bonds. The highest BCUT2D eigenvalue weighted by atomic mass is 35.5. The Morgan fingerprint density at radius 1 is 1.53 bits per heavy atom. The number of nitrogens with zero attached hydrogens (tertiary/aromatic N) is 3. The van der Waals surface area contributed by atoms with Crippen molar-refractivity contribution in [3.63, 3.8) is 0 Å². The van der Waals surface area contributed by atoms with E-state index in [0.29, 0.717) is 11.4 Å². The summed E-state index contributed by atoms with van der Waals surface area (Å²) in [6, 6.07) is 3.45. The number of thiazole rings is 1. The van der Waals surface area contributed by atoms with Crippen LogP contribution in [0.25, 0.3) is 4.96 Å². The molecule has 0 saturated carbocycles. The molecule has 5 nitrogen and oxygen atoms in total. The van der Waals surface area contributed by atoms with Gasteiger partial charge in [-0.15, -0.1) is 11.3 Å². The zero-order chi connectivity index (χ0) is 13.2. The van der Waals surface area contributed by atoms with Crippen LogP contribution >= 0.6 is 22.9 Å². The molecule has 0 aliphatic carbocycles. The van der Waals surface area contributed by atoms with E-state index in [2.05, 4.69) is 15.4 Å². The minimum Gasteiger partial charge on any atom is -0.297 e. The molecule has 3 aromatic rings. The van der Waals surface area contributed by atoms with Gasteiger partial charge in [0.25, 0.3) is 0 Å². The molecule has 19 heavy (non-hydrogen) atoms. The second-order valence-corrected chi connectivity index (χ2v) is 5.40. The molecule has 0 spiro atoms. The molecule has 98 valence electrons. The van der Waals surface area contributed by atoms with Crippen molar-refractivity contribution < 1.29 is 0 Å². The lowest BCUT2D eigenvalue weighted by molar-refractivity contribution is 0.534. The highest BCUT2D eigenvalue weighted by molar-refractivity contribution is 7.15. The number of imidazole rings is 1. The Morgan fingerprint density at radius 3 is 3.16 bits per heavy atom. The Hall–Kier alpha value is -1.47. The molecule has 0 aromatic carbocycles. The number of fused-ring (bicyclic) bond motifs is 1. The molecule has 3 rings (SSSR count). The quantitative estimate of drug-likeness (QED) is 0.571. The number of halogens is 1. The van der Waals surface area contributed by atoms with Gasteiger partial charge >= 0.3 is 0 Å². The summed E-state index contributed by atoms with van der Waals surface area (Å²) in [7, 11) is 0. The molecule has 3 heterocycles. The van der Waals surface area contributed by atoms with Crippen LogP contribution in [0.1, 0.15) is 17.4 Å². The highest BCUT2D eigenvalue weighted by Gasteiger charge is 2.17. The number of pyridine rings is 1. The molecule has 1 atom stereocenters. The maximum absolute atomic E-state index is 6.14. The summed E-state index contributed by atoms with van der Waals surface area (Å²) in [4.78, 5) is 9.78. The summed E-state index contributed by atoms with van der Waals surface area (Å²) in [5, 5.41) is 2.60. The van der Waals surface area contributed by atoms with Crippen LogP contribution in [0.3, 0.4) is 0 Å². The van der Waals surface area contributed by atoms with Gasteiger partial charge in [-0.1, -0.05) is 11.6 Å². The zero-order valence-electron chi connectivity index (χ0n) is 9.95. The van der Waals surface area contributed by atoms with E-state index in [1.165, 1.54) is 0 Å². The van der Waals surface area contributed by atoms with Crippen molar-refractivity contribution >= 4 is 27.9 Å². The van der Waals surface area contributed by atoms with E-state index in [1.54, 1.807) is 29.7 Å². The Bertz CT molecular complexity index is 664. The monoisotopic (exact) mass is 293 g/mol. The van der Waals surface area contributed by atoms with Crippen molar-refractivity contribution in [3.05, 3.63) is 52.5 Å². The Balaban J connectivity index is 1.87. The molecule has 0 aliphatic rings. The van der Waals surface area contributed by atoms with Crippen LogP contribution in [0.15, 0.2) is 36.1 Å². The van der Waals surface area contributed by atoms with E-state index in [0.717, 1.165) is 16.3 Å². The maximum atomic E-state index is 6.14. The molecule has 3 aromatic heterocycles. The smallest absolute Gasteiger partial charge is 0.193 e. The van der Waals surface area contributed by atoms with Crippen molar-refractivity contribution in [2.24, 2.45) is 5.84 Å². The molecule has 0 saturated heterocycles. The summed E-state index contributed by atoms with van der Waals surface area (Å²) in [6.45, 7) is 0. The lowest BCUT2D eigenvalue weighted by Crippen LogP contribution is -2.30. The predicted octanol–water partition coefficient (Wildman–Crippen LogP) is 2.19. The SMILES string of the molecule is NNC(Cc1cn2ccsc2n1)c1ncccc1Cl. The van der Waals surface area contributed by atoms with E-state index in [9.17, 15) is 0 Å². The topological polar surface area (TPSA) is 68.2 Å². The van der Waals surface area contributed by atoms with Crippen molar-refractivity contribution in [1.29, 1.82) is 0 Å². The van der Waals surface area contributed by atoms with Gasteiger partial charge in [0.2, 0.25) is 0 Å². The molecule has 0 aliphatic heterocycles. The molecule has 0 radical (unpaired) electrons. The second kappa shape index (κ2) is 5.26. The number of rotatable bonds is 4. The number of hydrogen-bond acceptors (Lipinski definition) is 5. The van der Waals surface area contributed by atoms with Gasteiger partial charge in [-0.25, -0.2) is 4.98 Å². The summed E-state index contributed by atoms with van der Waals surface area (Å²) >= 11 is 7.74. The van der Waals surface area contributed by atoms with Gasteiger partial charge in [-0.2, -0.15) is 0 Å². The molecule has 3 N–H and O–H groups in total. The zero-order valence-corrected chi connectivity index (χ0v) is 11.5. The van der Waals surface area contributed by atoms with Crippen LogP contribution in [0.2, 0.25) is 5.02 Å². The molecule has 0 fully saturated rings. The molecular formula is C12H12ClN5S. The number of aromatic nitrogens is 3. The third kappa shape index (κ3) is 2.48. The standard InChI is InChI=1S/C12H12ClN5S/c13-9-2-1-3-15-11(9)10(17-14)6-8-7-18-4-5-19-12(18)16-8/h1-5,7,10,17H,6,14H2. The lowest BCUT2D eigenvalue weighted by atomic mass is 10.1. The fourth-order valence-corrected chi connectivity index (χ4v) is 2.94. The first-order valence-electron chi connectivity index (χ1n) is 5.75. The van der Waals surface area contributed by atoms with Gasteiger partial charge in [0.15, 0.2) is 4.96 Å². The van der Waals surface area contributed by atoms with Gasteiger partial charge in [0.1, 0.15) is 0 Å². The fraction of sp³-hybridized carbons (Fsp3) is 0.167. The van der Waals surface area contributed by atoms with E-state index >= 15 is 0 Å². The van der Waals surface area contributed by atoms with Crippen molar-refractivity contribution in [2.45, 2.75) is 12.5 Å². The summed E-state index contributed by atoms with van der Waals surface area (Å²) in [6.07, 6.45) is 6.32. The third-order valence-corrected chi connectivity index (χ3v) is 3.96. The van der Waals surface area contributed by atoms with Crippen LogP contribution < -0.4 is 11.3 Å². The number of hydrazine groups is 1. The van der Waals surface area contributed by atoms with E-state index in [-0.39, 0.29) is 6.04 Å². The van der Waals surface area contributed by atoms with Gasteiger partial charge in [0.05, 0.1) is 22.5 Å². The van der Waals surface area contributed by atoms with E-state index in [4.69, 9.17) is 17.4 Å². The van der Waals surface area contributed by atoms with Crippen LogP contribution in [0, 0.1) is 0 Å². The van der Waals surface area contributed by atoms with Crippen LogP contribution in [-0.4, -0.2) is 14.4 Å². The van der Waals surface area contributed by atoms with Gasteiger partial charge in [0, 0.05) is 30.4 Å². The van der Waals surface area contributed by atoms with Gasteiger partial charge < -0.3 is 0 Å². The minimum absolute atomic E-state index is 0.154. The normalized spacial score (nSPS) is 12.9.